The van der Waals surface area contributed by atoms with E-state index in [0.29, 0.717) is 23.5 Å². The van der Waals surface area contributed by atoms with Gasteiger partial charge in [-0.2, -0.15) is 0 Å². The van der Waals surface area contributed by atoms with Crippen molar-refractivity contribution in [3.8, 4) is 5.75 Å². The fraction of sp³-hybridized carbons (Fsp3) is 0.231. The summed E-state index contributed by atoms with van der Waals surface area (Å²) in [6.07, 6.45) is 1.77. The number of rotatable bonds is 4. The average molecular weight is 277 g/mol. The van der Waals surface area contributed by atoms with Gasteiger partial charge in [0, 0.05) is 16.6 Å². The summed E-state index contributed by atoms with van der Waals surface area (Å²) in [6, 6.07) is 4.96. The van der Waals surface area contributed by atoms with Crippen molar-refractivity contribution in [2.24, 2.45) is 0 Å². The monoisotopic (exact) mass is 277 g/mol. The number of aromatic nitrogens is 1. The number of carbonyl (C=O) groups excluding carboxylic acids is 1. The molecule has 100 valence electrons. The van der Waals surface area contributed by atoms with E-state index in [-0.39, 0.29) is 5.91 Å². The number of aryl methyl sites for hydroxylation is 1. The van der Waals surface area contributed by atoms with Gasteiger partial charge in [0.25, 0.3) is 5.91 Å². The van der Waals surface area contributed by atoms with E-state index in [1.165, 1.54) is 7.11 Å². The number of anilines is 1. The van der Waals surface area contributed by atoms with Crippen LogP contribution in [0.1, 0.15) is 20.2 Å². The van der Waals surface area contributed by atoms with Gasteiger partial charge in [0.05, 0.1) is 24.3 Å². The Hall–Kier alpha value is -2.08. The third-order valence-corrected chi connectivity index (χ3v) is 3.50. The number of thiazole rings is 1. The molecule has 0 fully saturated rings. The van der Waals surface area contributed by atoms with E-state index in [0.717, 1.165) is 9.88 Å². The molecule has 1 aromatic carbocycles. The summed E-state index contributed by atoms with van der Waals surface area (Å²) in [5, 5.41) is 3.82. The van der Waals surface area contributed by atoms with Gasteiger partial charge in [-0.25, -0.2) is 4.98 Å². The molecule has 0 atom stereocenters. The number of nitrogens with one attached hydrogen (secondary N) is 1. The maximum Gasteiger partial charge on any atom is 0.251 e. The Balaban J connectivity index is 2.03. The molecule has 0 saturated heterocycles. The van der Waals surface area contributed by atoms with E-state index in [1.54, 1.807) is 35.7 Å². The van der Waals surface area contributed by atoms with Crippen molar-refractivity contribution < 1.29 is 9.53 Å². The summed E-state index contributed by atoms with van der Waals surface area (Å²) in [7, 11) is 1.52. The SMILES string of the molecule is COc1cc(C(=O)NCc2cnc(C)s2)ccc1N. The van der Waals surface area contributed by atoms with Crippen LogP contribution in [0.4, 0.5) is 5.69 Å². The van der Waals surface area contributed by atoms with Crippen LogP contribution in [0.2, 0.25) is 0 Å². The van der Waals surface area contributed by atoms with Crippen molar-refractivity contribution in [3.63, 3.8) is 0 Å². The smallest absolute Gasteiger partial charge is 0.251 e. The molecule has 3 N–H and O–H groups in total. The van der Waals surface area contributed by atoms with E-state index in [9.17, 15) is 4.79 Å². The van der Waals surface area contributed by atoms with Gasteiger partial charge in [-0.3, -0.25) is 4.79 Å². The summed E-state index contributed by atoms with van der Waals surface area (Å²) in [5.41, 5.74) is 6.74. The van der Waals surface area contributed by atoms with Gasteiger partial charge in [-0.05, 0) is 25.1 Å². The molecule has 6 heteroatoms. The number of nitrogens with two attached hydrogens (primary N) is 1. The third-order valence-electron chi connectivity index (χ3n) is 2.59. The number of nitrogen functional groups attached to an aromatic ring is 1. The first-order chi connectivity index (χ1) is 9.10. The summed E-state index contributed by atoms with van der Waals surface area (Å²) in [5.74, 6) is 0.339. The van der Waals surface area contributed by atoms with Crippen LogP contribution in [0, 0.1) is 6.92 Å². The molecule has 1 amide bonds. The molecule has 0 saturated carbocycles. The average Bonchev–Trinajstić information content (AvgIpc) is 2.82. The van der Waals surface area contributed by atoms with Crippen molar-refractivity contribution in [1.29, 1.82) is 0 Å². The fourth-order valence-electron chi connectivity index (χ4n) is 1.61. The number of benzene rings is 1. The molecule has 0 bridgehead atoms. The fourth-order valence-corrected chi connectivity index (χ4v) is 2.34. The van der Waals surface area contributed by atoms with E-state index in [1.807, 2.05) is 6.92 Å². The second kappa shape index (κ2) is 5.71. The zero-order chi connectivity index (χ0) is 13.8. The lowest BCUT2D eigenvalue weighted by molar-refractivity contribution is 0.0951. The second-order valence-corrected chi connectivity index (χ2v) is 5.30. The van der Waals surface area contributed by atoms with Crippen molar-refractivity contribution in [2.75, 3.05) is 12.8 Å². The van der Waals surface area contributed by atoms with Crippen LogP contribution in [-0.4, -0.2) is 18.0 Å². The van der Waals surface area contributed by atoms with Crippen LogP contribution in [-0.2, 0) is 6.54 Å². The van der Waals surface area contributed by atoms with E-state index in [4.69, 9.17) is 10.5 Å². The molecule has 0 radical (unpaired) electrons. The topological polar surface area (TPSA) is 77.2 Å². The Bertz CT molecular complexity index is 595. The van der Waals surface area contributed by atoms with E-state index < -0.39 is 0 Å². The van der Waals surface area contributed by atoms with Crippen molar-refractivity contribution in [2.45, 2.75) is 13.5 Å². The zero-order valence-corrected chi connectivity index (χ0v) is 11.6. The standard InChI is InChI=1S/C13H15N3O2S/c1-8-15-6-10(19-8)7-16-13(17)9-3-4-11(14)12(5-9)18-2/h3-6H,7,14H2,1-2H3,(H,16,17). The molecule has 0 aliphatic rings. The summed E-state index contributed by atoms with van der Waals surface area (Å²) in [4.78, 5) is 17.1. The maximum atomic E-state index is 12.0. The van der Waals surface area contributed by atoms with Crippen LogP contribution in [0.25, 0.3) is 0 Å². The van der Waals surface area contributed by atoms with Crippen LogP contribution >= 0.6 is 11.3 Å². The molecule has 1 aromatic heterocycles. The highest BCUT2D eigenvalue weighted by molar-refractivity contribution is 7.11. The second-order valence-electron chi connectivity index (χ2n) is 3.98. The molecule has 0 spiro atoms. The van der Waals surface area contributed by atoms with Crippen LogP contribution in [0.5, 0.6) is 5.75 Å². The molecule has 5 nitrogen and oxygen atoms in total. The molecular weight excluding hydrogens is 262 g/mol. The van der Waals surface area contributed by atoms with Crippen LogP contribution in [0.15, 0.2) is 24.4 Å². The molecule has 0 aliphatic carbocycles. The third kappa shape index (κ3) is 3.23. The largest absolute Gasteiger partial charge is 0.495 e. The number of nitrogens with zero attached hydrogens (tertiary/aromatic N) is 1. The van der Waals surface area contributed by atoms with Gasteiger partial charge >= 0.3 is 0 Å². The Labute approximate surface area is 115 Å². The molecular formula is C13H15N3O2S. The highest BCUT2D eigenvalue weighted by Gasteiger charge is 2.09. The molecule has 0 aliphatic heterocycles. The van der Waals surface area contributed by atoms with Crippen LogP contribution in [0.3, 0.4) is 0 Å². The molecule has 19 heavy (non-hydrogen) atoms. The number of carbonyl (C=O) groups is 1. The Kier molecular flexibility index (Phi) is 4.01. The zero-order valence-electron chi connectivity index (χ0n) is 10.8. The molecule has 2 aromatic rings. The van der Waals surface area contributed by atoms with Crippen molar-refractivity contribution in [3.05, 3.63) is 39.8 Å². The predicted molar refractivity (Wildman–Crippen MR) is 75.4 cm³/mol. The highest BCUT2D eigenvalue weighted by atomic mass is 32.1. The Morgan fingerprint density at radius 2 is 2.32 bits per heavy atom. The minimum Gasteiger partial charge on any atom is -0.495 e. The lowest BCUT2D eigenvalue weighted by Gasteiger charge is -2.07. The number of amides is 1. The van der Waals surface area contributed by atoms with Gasteiger partial charge in [-0.1, -0.05) is 0 Å². The van der Waals surface area contributed by atoms with Gasteiger partial charge in [0.15, 0.2) is 0 Å². The van der Waals surface area contributed by atoms with Gasteiger partial charge in [0.1, 0.15) is 5.75 Å². The number of methoxy groups -OCH3 is 1. The lowest BCUT2D eigenvalue weighted by atomic mass is 10.2. The highest BCUT2D eigenvalue weighted by Crippen LogP contribution is 2.22. The Morgan fingerprint density at radius 3 is 2.95 bits per heavy atom. The summed E-state index contributed by atoms with van der Waals surface area (Å²) < 4.78 is 5.09. The first-order valence-electron chi connectivity index (χ1n) is 5.73. The van der Waals surface area contributed by atoms with Gasteiger partial charge < -0.3 is 15.8 Å². The van der Waals surface area contributed by atoms with Gasteiger partial charge in [0.2, 0.25) is 0 Å². The number of hydrogen-bond donors (Lipinski definition) is 2. The van der Waals surface area contributed by atoms with E-state index in [2.05, 4.69) is 10.3 Å². The number of hydrogen-bond acceptors (Lipinski definition) is 5. The van der Waals surface area contributed by atoms with Crippen molar-refractivity contribution >= 4 is 22.9 Å². The van der Waals surface area contributed by atoms with E-state index >= 15 is 0 Å². The predicted octanol–water partition coefficient (Wildman–Crippen LogP) is 1.97. The van der Waals surface area contributed by atoms with Crippen molar-refractivity contribution in [1.82, 2.24) is 10.3 Å². The normalized spacial score (nSPS) is 10.2. The molecule has 2 rings (SSSR count). The summed E-state index contributed by atoms with van der Waals surface area (Å²) in [6.45, 7) is 2.40. The summed E-state index contributed by atoms with van der Waals surface area (Å²) >= 11 is 1.56. The first-order valence-corrected chi connectivity index (χ1v) is 6.55. The first kappa shape index (κ1) is 13.4. The maximum absolute atomic E-state index is 12.0. The minimum atomic E-state index is -0.163. The molecule has 1 heterocycles. The Morgan fingerprint density at radius 1 is 1.53 bits per heavy atom. The number of ether oxygens (including phenoxy) is 1. The van der Waals surface area contributed by atoms with Gasteiger partial charge in [-0.15, -0.1) is 11.3 Å². The van der Waals surface area contributed by atoms with Crippen LogP contribution < -0.4 is 15.8 Å². The lowest BCUT2D eigenvalue weighted by Crippen LogP contribution is -2.22. The minimum absolute atomic E-state index is 0.163. The molecule has 0 unspecified atom stereocenters. The quantitative estimate of drug-likeness (QED) is 0.838.